The monoisotopic (exact) mass is 404 g/mol. The first-order valence-corrected chi connectivity index (χ1v) is 8.75. The van der Waals surface area contributed by atoms with E-state index < -0.39 is 0 Å². The van der Waals surface area contributed by atoms with E-state index >= 15 is 0 Å². The minimum Gasteiger partial charge on any atom is -0.351 e. The molecule has 1 aliphatic heterocycles. The molecule has 148 valence electrons. The third-order valence-electron chi connectivity index (χ3n) is 4.43. The van der Waals surface area contributed by atoms with Gasteiger partial charge in [0.1, 0.15) is 0 Å². The maximum absolute atomic E-state index is 12.6. The van der Waals surface area contributed by atoms with Crippen molar-refractivity contribution < 1.29 is 9.59 Å². The van der Waals surface area contributed by atoms with E-state index in [1.54, 1.807) is 18.2 Å². The number of nitrogens with zero attached hydrogens (tertiary/aromatic N) is 1. The number of carbonyl (C=O) groups is 2. The highest BCUT2D eigenvalue weighted by Crippen LogP contribution is 2.17. The lowest BCUT2D eigenvalue weighted by Crippen LogP contribution is -2.42. The van der Waals surface area contributed by atoms with Crippen LogP contribution in [0.2, 0.25) is 0 Å². The number of carbonyl (C=O) groups excluding carboxylic acids is 2. The molecule has 0 radical (unpaired) electrons. The van der Waals surface area contributed by atoms with Crippen LogP contribution in [0.25, 0.3) is 0 Å². The van der Waals surface area contributed by atoms with Crippen LogP contribution >= 0.6 is 24.8 Å². The molecule has 0 bridgehead atoms. The normalized spacial score (nSPS) is 15.6. The number of amides is 2. The van der Waals surface area contributed by atoms with Crippen molar-refractivity contribution in [3.8, 4) is 0 Å². The maximum atomic E-state index is 12.6. The first-order valence-electron chi connectivity index (χ1n) is 8.75. The van der Waals surface area contributed by atoms with Gasteiger partial charge < -0.3 is 16.4 Å². The van der Waals surface area contributed by atoms with Crippen LogP contribution in [0.1, 0.15) is 43.0 Å². The summed E-state index contributed by atoms with van der Waals surface area (Å²) in [5.41, 5.74) is 6.42. The van der Waals surface area contributed by atoms with Gasteiger partial charge in [0, 0.05) is 13.1 Å². The van der Waals surface area contributed by atoms with Gasteiger partial charge in [0.2, 0.25) is 5.91 Å². The van der Waals surface area contributed by atoms with Crippen molar-refractivity contribution in [3.05, 3.63) is 29.8 Å². The van der Waals surface area contributed by atoms with Crippen LogP contribution in [-0.4, -0.2) is 48.9 Å². The fourth-order valence-corrected chi connectivity index (χ4v) is 2.96. The summed E-state index contributed by atoms with van der Waals surface area (Å²) in [4.78, 5) is 27.0. The SMILES string of the molecule is CC(C(=O)Nc1ccccc1C(=O)NCCN)N1CCCCCC1.Cl.Cl. The van der Waals surface area contributed by atoms with Gasteiger partial charge in [-0.05, 0) is 45.0 Å². The lowest BCUT2D eigenvalue weighted by molar-refractivity contribution is -0.120. The molecule has 4 N–H and O–H groups in total. The van der Waals surface area contributed by atoms with E-state index in [1.165, 1.54) is 12.8 Å². The molecule has 0 aliphatic carbocycles. The van der Waals surface area contributed by atoms with Gasteiger partial charge in [0.25, 0.3) is 5.91 Å². The summed E-state index contributed by atoms with van der Waals surface area (Å²) in [6.45, 7) is 4.62. The van der Waals surface area contributed by atoms with E-state index in [0.29, 0.717) is 24.3 Å². The molecule has 1 aliphatic rings. The van der Waals surface area contributed by atoms with Crippen LogP contribution in [0, 0.1) is 0 Å². The molecule has 1 aromatic rings. The van der Waals surface area contributed by atoms with Gasteiger partial charge in [-0.1, -0.05) is 25.0 Å². The quantitative estimate of drug-likeness (QED) is 0.679. The fraction of sp³-hybridized carbons (Fsp3) is 0.556. The topological polar surface area (TPSA) is 87.5 Å². The average molecular weight is 405 g/mol. The van der Waals surface area contributed by atoms with Crippen LogP contribution in [0.5, 0.6) is 0 Å². The van der Waals surface area contributed by atoms with Gasteiger partial charge in [0.05, 0.1) is 17.3 Å². The number of para-hydroxylation sites is 1. The number of anilines is 1. The maximum Gasteiger partial charge on any atom is 0.253 e. The molecule has 2 rings (SSSR count). The Morgan fingerprint density at radius 1 is 1.12 bits per heavy atom. The summed E-state index contributed by atoms with van der Waals surface area (Å²) in [7, 11) is 0. The Labute approximate surface area is 168 Å². The van der Waals surface area contributed by atoms with E-state index in [-0.39, 0.29) is 42.7 Å². The Morgan fingerprint density at radius 3 is 2.35 bits per heavy atom. The molecule has 0 saturated carbocycles. The lowest BCUT2D eigenvalue weighted by Gasteiger charge is -2.26. The molecule has 1 heterocycles. The molecule has 0 aromatic heterocycles. The third kappa shape index (κ3) is 7.11. The fourth-order valence-electron chi connectivity index (χ4n) is 2.96. The predicted octanol–water partition coefficient (Wildman–Crippen LogP) is 2.42. The molecular weight excluding hydrogens is 375 g/mol. The van der Waals surface area contributed by atoms with Crippen molar-refractivity contribution in [1.82, 2.24) is 10.2 Å². The zero-order valence-corrected chi connectivity index (χ0v) is 16.8. The van der Waals surface area contributed by atoms with Crippen molar-refractivity contribution in [2.45, 2.75) is 38.6 Å². The summed E-state index contributed by atoms with van der Waals surface area (Å²) < 4.78 is 0. The third-order valence-corrected chi connectivity index (χ3v) is 4.43. The first-order chi connectivity index (χ1) is 11.6. The van der Waals surface area contributed by atoms with Crippen molar-refractivity contribution in [2.75, 3.05) is 31.5 Å². The largest absolute Gasteiger partial charge is 0.351 e. The predicted molar refractivity (Wildman–Crippen MR) is 110 cm³/mol. The molecule has 8 heteroatoms. The van der Waals surface area contributed by atoms with Crippen molar-refractivity contribution in [3.63, 3.8) is 0 Å². The minimum absolute atomic E-state index is 0. The van der Waals surface area contributed by atoms with Crippen molar-refractivity contribution in [2.24, 2.45) is 5.73 Å². The second kappa shape index (κ2) is 12.9. The number of nitrogens with two attached hydrogens (primary N) is 1. The van der Waals surface area contributed by atoms with E-state index in [0.717, 1.165) is 25.9 Å². The van der Waals surface area contributed by atoms with E-state index in [4.69, 9.17) is 5.73 Å². The van der Waals surface area contributed by atoms with Crippen LogP contribution in [0.4, 0.5) is 5.69 Å². The second-order valence-electron chi connectivity index (χ2n) is 6.21. The van der Waals surface area contributed by atoms with Gasteiger partial charge in [-0.3, -0.25) is 14.5 Å². The molecule has 0 spiro atoms. The summed E-state index contributed by atoms with van der Waals surface area (Å²) in [6.07, 6.45) is 4.73. The van der Waals surface area contributed by atoms with Crippen LogP contribution in [-0.2, 0) is 4.79 Å². The molecule has 6 nitrogen and oxygen atoms in total. The van der Waals surface area contributed by atoms with Crippen molar-refractivity contribution >= 4 is 42.3 Å². The van der Waals surface area contributed by atoms with E-state index in [9.17, 15) is 9.59 Å². The van der Waals surface area contributed by atoms with Crippen molar-refractivity contribution in [1.29, 1.82) is 0 Å². The molecule has 1 unspecified atom stereocenters. The van der Waals surface area contributed by atoms with Crippen LogP contribution in [0.3, 0.4) is 0 Å². The summed E-state index contributed by atoms with van der Waals surface area (Å²) in [5.74, 6) is -0.297. The summed E-state index contributed by atoms with van der Waals surface area (Å²) >= 11 is 0. The number of hydrogen-bond donors (Lipinski definition) is 3. The van der Waals surface area contributed by atoms with Gasteiger partial charge in [-0.25, -0.2) is 0 Å². The summed E-state index contributed by atoms with van der Waals surface area (Å²) in [6, 6.07) is 6.85. The smallest absolute Gasteiger partial charge is 0.253 e. The highest BCUT2D eigenvalue weighted by Gasteiger charge is 2.23. The number of hydrogen-bond acceptors (Lipinski definition) is 4. The van der Waals surface area contributed by atoms with Gasteiger partial charge in [-0.15, -0.1) is 24.8 Å². The van der Waals surface area contributed by atoms with Gasteiger partial charge in [-0.2, -0.15) is 0 Å². The molecule has 26 heavy (non-hydrogen) atoms. The molecule has 1 saturated heterocycles. The lowest BCUT2D eigenvalue weighted by atomic mass is 10.1. The zero-order valence-electron chi connectivity index (χ0n) is 15.2. The Kier molecular flexibility index (Phi) is 12.3. The van der Waals surface area contributed by atoms with E-state index in [1.807, 2.05) is 13.0 Å². The van der Waals surface area contributed by atoms with Gasteiger partial charge in [0.15, 0.2) is 0 Å². The highest BCUT2D eigenvalue weighted by molar-refractivity contribution is 6.04. The second-order valence-corrected chi connectivity index (χ2v) is 6.21. The van der Waals surface area contributed by atoms with Crippen LogP contribution in [0.15, 0.2) is 24.3 Å². The Bertz CT molecular complexity index is 564. The number of nitrogens with one attached hydrogen (secondary N) is 2. The highest BCUT2D eigenvalue weighted by atomic mass is 35.5. The van der Waals surface area contributed by atoms with E-state index in [2.05, 4.69) is 15.5 Å². The molecular formula is C18H30Cl2N4O2. The Balaban J connectivity index is 0.00000312. The number of likely N-dealkylation sites (tertiary alicyclic amines) is 1. The molecule has 2 amide bonds. The standard InChI is InChI=1S/C18H28N4O2.2ClH/c1-14(22-12-6-2-3-7-13-22)17(23)21-16-9-5-4-8-15(16)18(24)20-11-10-19;;/h4-5,8-9,14H,2-3,6-7,10-13,19H2,1H3,(H,20,24)(H,21,23);2*1H. The number of benzene rings is 1. The molecule has 1 aromatic carbocycles. The van der Waals surface area contributed by atoms with Gasteiger partial charge >= 0.3 is 0 Å². The minimum atomic E-state index is -0.223. The zero-order chi connectivity index (χ0) is 17.4. The average Bonchev–Trinajstić information content (AvgIpc) is 2.88. The summed E-state index contributed by atoms with van der Waals surface area (Å²) in [5, 5.41) is 5.65. The first kappa shape index (κ1) is 24.7. The Hall–Kier alpha value is -1.34. The molecule has 1 atom stereocenters. The number of halogens is 2. The molecule has 1 fully saturated rings. The Morgan fingerprint density at radius 2 is 1.73 bits per heavy atom. The van der Waals surface area contributed by atoms with Crippen LogP contribution < -0.4 is 16.4 Å². The number of rotatable bonds is 6.